The average molecular weight is 172 g/mol. The highest BCUT2D eigenvalue weighted by Crippen LogP contribution is 2.25. The van der Waals surface area contributed by atoms with Crippen molar-refractivity contribution in [3.63, 3.8) is 0 Å². The van der Waals surface area contributed by atoms with Gasteiger partial charge < -0.3 is 0 Å². The third kappa shape index (κ3) is 3.15. The summed E-state index contributed by atoms with van der Waals surface area (Å²) in [5.74, 6) is 0. The van der Waals surface area contributed by atoms with E-state index in [9.17, 15) is 0 Å². The molecular formula is C7H8O3S. The number of fused-ring (bicyclic) bond motifs is 1. The Kier molecular flexibility index (Phi) is 2.62. The van der Waals surface area contributed by atoms with E-state index in [0.29, 0.717) is 0 Å². The van der Waals surface area contributed by atoms with E-state index < -0.39 is 11.0 Å². The quantitative estimate of drug-likeness (QED) is 0.453. The van der Waals surface area contributed by atoms with Crippen molar-refractivity contribution in [2.45, 2.75) is 6.42 Å². The van der Waals surface area contributed by atoms with Crippen molar-refractivity contribution in [3.8, 4) is 0 Å². The van der Waals surface area contributed by atoms with Gasteiger partial charge in [0.05, 0.1) is 0 Å². The zero-order valence-corrected chi connectivity index (χ0v) is 6.62. The predicted molar refractivity (Wildman–Crippen MR) is 42.2 cm³/mol. The first kappa shape index (κ1) is 8.23. The predicted octanol–water partition coefficient (Wildman–Crippen LogP) is 0.662. The third-order valence-corrected chi connectivity index (χ3v) is 1.37. The average Bonchev–Trinajstić information content (AvgIpc) is 2.62. The van der Waals surface area contributed by atoms with Gasteiger partial charge in [-0.15, -0.1) is 0 Å². The minimum absolute atomic E-state index is 1.24. The molecule has 11 heavy (non-hydrogen) atoms. The first-order valence-electron chi connectivity index (χ1n) is 3.10. The lowest BCUT2D eigenvalue weighted by Crippen LogP contribution is -1.58. The normalized spacial score (nSPS) is 11.5. The third-order valence-electron chi connectivity index (χ3n) is 1.37. The highest BCUT2D eigenvalue weighted by Gasteiger charge is 2.12. The Hall–Kier alpha value is -0.870. The summed E-state index contributed by atoms with van der Waals surface area (Å²) in [6.45, 7) is 0. The van der Waals surface area contributed by atoms with Crippen LogP contribution in [0.4, 0.5) is 0 Å². The number of benzene rings is 1. The van der Waals surface area contributed by atoms with E-state index in [1.165, 1.54) is 17.5 Å². The summed E-state index contributed by atoms with van der Waals surface area (Å²) in [6.07, 6.45) is 1.24. The number of hydrogen-bond acceptors (Lipinski definition) is 2. The zero-order valence-electron chi connectivity index (χ0n) is 5.73. The lowest BCUT2D eigenvalue weighted by atomic mass is 10.4. The molecule has 0 fully saturated rings. The molecule has 2 rings (SSSR count). The lowest BCUT2D eigenvalue weighted by Gasteiger charge is -1.69. The van der Waals surface area contributed by atoms with Crippen molar-refractivity contribution >= 4 is 11.0 Å². The van der Waals surface area contributed by atoms with Crippen LogP contribution in [-0.4, -0.2) is 13.0 Å². The van der Waals surface area contributed by atoms with Gasteiger partial charge in [0.15, 0.2) is 0 Å². The number of thiol groups is 1. The van der Waals surface area contributed by atoms with Gasteiger partial charge in [0.1, 0.15) is 0 Å². The van der Waals surface area contributed by atoms with Crippen molar-refractivity contribution in [1.29, 1.82) is 0 Å². The summed E-state index contributed by atoms with van der Waals surface area (Å²) >= 11 is 0. The SMILES string of the molecule is O=[SH](=O)O.c1ccc2c(c1)C2. The lowest BCUT2D eigenvalue weighted by molar-refractivity contribution is 0.509. The Morgan fingerprint density at radius 1 is 1.18 bits per heavy atom. The first-order chi connectivity index (χ1) is 5.20. The fraction of sp³-hybridized carbons (Fsp3) is 0.143. The van der Waals surface area contributed by atoms with Crippen LogP contribution >= 0.6 is 0 Å². The molecule has 0 saturated heterocycles. The molecule has 4 heteroatoms. The highest BCUT2D eigenvalue weighted by molar-refractivity contribution is 7.66. The van der Waals surface area contributed by atoms with Crippen LogP contribution in [0.15, 0.2) is 24.3 Å². The van der Waals surface area contributed by atoms with E-state index in [0.717, 1.165) is 0 Å². The number of rotatable bonds is 0. The Bertz CT molecular complexity index is 288. The molecule has 3 nitrogen and oxygen atoms in total. The largest absolute Gasteiger partial charge is 0.288 e. The smallest absolute Gasteiger partial charge is 0.254 e. The second-order valence-corrected chi connectivity index (χ2v) is 2.66. The van der Waals surface area contributed by atoms with E-state index in [2.05, 4.69) is 24.3 Å². The first-order valence-corrected chi connectivity index (χ1v) is 4.23. The van der Waals surface area contributed by atoms with Crippen LogP contribution in [0.1, 0.15) is 11.1 Å². The van der Waals surface area contributed by atoms with E-state index in [1.54, 1.807) is 0 Å². The summed E-state index contributed by atoms with van der Waals surface area (Å²) in [6, 6.07) is 8.53. The second kappa shape index (κ2) is 3.50. The Balaban J connectivity index is 0.000000134. The van der Waals surface area contributed by atoms with Gasteiger partial charge >= 0.3 is 0 Å². The van der Waals surface area contributed by atoms with Gasteiger partial charge in [-0.2, -0.15) is 0 Å². The molecule has 0 heterocycles. The van der Waals surface area contributed by atoms with Gasteiger partial charge in [0.25, 0.3) is 11.0 Å². The Morgan fingerprint density at radius 3 is 1.82 bits per heavy atom. The van der Waals surface area contributed by atoms with Gasteiger partial charge in [0.2, 0.25) is 0 Å². The maximum absolute atomic E-state index is 8.59. The van der Waals surface area contributed by atoms with E-state index in [-0.39, 0.29) is 0 Å². The van der Waals surface area contributed by atoms with Crippen LogP contribution < -0.4 is 0 Å². The summed E-state index contributed by atoms with van der Waals surface area (Å²) in [4.78, 5) is 0. The van der Waals surface area contributed by atoms with Gasteiger partial charge in [-0.25, -0.2) is 8.42 Å². The van der Waals surface area contributed by atoms with E-state index in [4.69, 9.17) is 13.0 Å². The molecule has 0 bridgehead atoms. The fourth-order valence-corrected chi connectivity index (χ4v) is 0.836. The van der Waals surface area contributed by atoms with Crippen molar-refractivity contribution in [2.24, 2.45) is 0 Å². The van der Waals surface area contributed by atoms with Crippen LogP contribution in [0.2, 0.25) is 0 Å². The molecule has 0 spiro atoms. The zero-order chi connectivity index (χ0) is 8.27. The molecule has 1 aromatic rings. The monoisotopic (exact) mass is 172 g/mol. The number of hydrogen-bond donors (Lipinski definition) is 2. The van der Waals surface area contributed by atoms with Crippen LogP contribution in [0.5, 0.6) is 0 Å². The van der Waals surface area contributed by atoms with Crippen molar-refractivity contribution in [1.82, 2.24) is 0 Å². The van der Waals surface area contributed by atoms with Crippen molar-refractivity contribution in [2.75, 3.05) is 0 Å². The van der Waals surface area contributed by atoms with Crippen LogP contribution in [0.25, 0.3) is 0 Å². The summed E-state index contributed by atoms with van der Waals surface area (Å²) in [5.41, 5.74) is 3.06. The van der Waals surface area contributed by atoms with Gasteiger partial charge in [0, 0.05) is 0 Å². The Morgan fingerprint density at radius 2 is 1.55 bits per heavy atom. The maximum Gasteiger partial charge on any atom is 0.254 e. The molecule has 0 saturated carbocycles. The molecule has 1 N–H and O–H groups in total. The van der Waals surface area contributed by atoms with Gasteiger partial charge in [-0.3, -0.25) is 4.55 Å². The van der Waals surface area contributed by atoms with Gasteiger partial charge in [-0.1, -0.05) is 24.3 Å². The Labute approximate surface area is 66.5 Å². The minimum atomic E-state index is -3.12. The molecular weight excluding hydrogens is 164 g/mol. The van der Waals surface area contributed by atoms with Gasteiger partial charge in [-0.05, 0) is 17.5 Å². The molecule has 60 valence electrons. The van der Waals surface area contributed by atoms with Crippen LogP contribution in [0.3, 0.4) is 0 Å². The van der Waals surface area contributed by atoms with Crippen molar-refractivity contribution in [3.05, 3.63) is 35.4 Å². The highest BCUT2D eigenvalue weighted by atomic mass is 32.2. The fourth-order valence-electron chi connectivity index (χ4n) is 0.836. The summed E-state index contributed by atoms with van der Waals surface area (Å²) in [5, 5.41) is 0. The molecule has 1 aromatic carbocycles. The molecule has 0 aliphatic heterocycles. The second-order valence-electron chi connectivity index (χ2n) is 2.18. The summed E-state index contributed by atoms with van der Waals surface area (Å²) < 4.78 is 24.2. The minimum Gasteiger partial charge on any atom is -0.288 e. The standard InChI is InChI=1S/C7H6.H2O3S/c1-2-4-7-5-6(7)3-1;1-4(2)3/h1-4H,5H2;4H,(H,1,2,3). The van der Waals surface area contributed by atoms with E-state index >= 15 is 0 Å². The van der Waals surface area contributed by atoms with E-state index in [1.807, 2.05) is 0 Å². The molecule has 0 aromatic heterocycles. The molecule has 0 atom stereocenters. The summed E-state index contributed by atoms with van der Waals surface area (Å²) in [7, 11) is -3.12. The molecule has 0 unspecified atom stereocenters. The van der Waals surface area contributed by atoms with Crippen LogP contribution in [-0.2, 0) is 17.4 Å². The molecule has 0 radical (unpaired) electrons. The molecule has 1 aliphatic rings. The van der Waals surface area contributed by atoms with Crippen LogP contribution in [0, 0.1) is 0 Å². The van der Waals surface area contributed by atoms with Crippen molar-refractivity contribution < 1.29 is 13.0 Å². The molecule has 1 aliphatic carbocycles. The maximum atomic E-state index is 8.59. The molecule has 0 amide bonds. The topological polar surface area (TPSA) is 54.4 Å².